The molecule has 0 aliphatic carbocycles. The van der Waals surface area contributed by atoms with Crippen molar-refractivity contribution in [3.05, 3.63) is 39.4 Å². The predicted molar refractivity (Wildman–Crippen MR) is 66.3 cm³/mol. The monoisotopic (exact) mass is 288 g/mol. The van der Waals surface area contributed by atoms with Gasteiger partial charge in [0.1, 0.15) is 5.82 Å². The highest BCUT2D eigenvalue weighted by atomic mass is 19.1. The summed E-state index contributed by atoms with van der Waals surface area (Å²) in [6, 6.07) is 0.848. The lowest BCUT2D eigenvalue weighted by Crippen LogP contribution is -2.44. The molecule has 1 aromatic carbocycles. The molecule has 0 aliphatic heterocycles. The van der Waals surface area contributed by atoms with Gasteiger partial charge in [0.2, 0.25) is 5.82 Å². The molecule has 0 unspecified atom stereocenters. The molecular formula is C12H14F2N2O4. The first-order valence-electron chi connectivity index (χ1n) is 5.75. The molecule has 0 aromatic heterocycles. The van der Waals surface area contributed by atoms with Crippen LogP contribution >= 0.6 is 0 Å². The molecule has 0 saturated carbocycles. The van der Waals surface area contributed by atoms with Gasteiger partial charge >= 0.3 is 5.69 Å². The second-order valence-corrected chi connectivity index (χ2v) is 4.85. The number of hydrogen-bond donors (Lipinski definition) is 2. The molecule has 0 atom stereocenters. The molecular weight excluding hydrogens is 274 g/mol. The summed E-state index contributed by atoms with van der Waals surface area (Å²) in [5, 5.41) is 21.7. The summed E-state index contributed by atoms with van der Waals surface area (Å²) in [5.74, 6) is -3.38. The van der Waals surface area contributed by atoms with Crippen LogP contribution in [0.15, 0.2) is 12.1 Å². The molecule has 110 valence electrons. The highest BCUT2D eigenvalue weighted by Crippen LogP contribution is 2.22. The topological polar surface area (TPSA) is 92.5 Å². The van der Waals surface area contributed by atoms with E-state index in [0.717, 1.165) is 0 Å². The van der Waals surface area contributed by atoms with Crippen molar-refractivity contribution in [2.45, 2.75) is 25.8 Å². The second kappa shape index (κ2) is 5.91. The Kier molecular flexibility index (Phi) is 4.72. The number of hydrogen-bond acceptors (Lipinski definition) is 4. The highest BCUT2D eigenvalue weighted by molar-refractivity contribution is 5.95. The number of nitrogens with zero attached hydrogens (tertiary/aromatic N) is 1. The molecule has 0 radical (unpaired) electrons. The Morgan fingerprint density at radius 3 is 2.50 bits per heavy atom. The van der Waals surface area contributed by atoms with Crippen molar-refractivity contribution < 1.29 is 23.6 Å². The van der Waals surface area contributed by atoms with Crippen molar-refractivity contribution in [2.75, 3.05) is 6.61 Å². The van der Waals surface area contributed by atoms with Crippen molar-refractivity contribution in [1.82, 2.24) is 5.32 Å². The minimum Gasteiger partial charge on any atom is -0.396 e. The van der Waals surface area contributed by atoms with E-state index >= 15 is 0 Å². The van der Waals surface area contributed by atoms with Gasteiger partial charge in [-0.3, -0.25) is 14.9 Å². The van der Waals surface area contributed by atoms with E-state index in [2.05, 4.69) is 5.32 Å². The zero-order valence-electron chi connectivity index (χ0n) is 10.9. The number of carbonyl (C=O) groups is 1. The lowest BCUT2D eigenvalue weighted by Gasteiger charge is -2.25. The average molecular weight is 288 g/mol. The minimum absolute atomic E-state index is 0.190. The second-order valence-electron chi connectivity index (χ2n) is 4.85. The van der Waals surface area contributed by atoms with E-state index in [1.165, 1.54) is 0 Å². The van der Waals surface area contributed by atoms with Crippen LogP contribution in [0.4, 0.5) is 14.5 Å². The van der Waals surface area contributed by atoms with Gasteiger partial charge in [0.25, 0.3) is 5.91 Å². The number of nitro groups is 1. The Morgan fingerprint density at radius 1 is 1.40 bits per heavy atom. The smallest absolute Gasteiger partial charge is 0.307 e. The van der Waals surface area contributed by atoms with Crippen LogP contribution < -0.4 is 5.32 Å². The largest absolute Gasteiger partial charge is 0.396 e. The first-order chi connectivity index (χ1) is 9.18. The zero-order chi connectivity index (χ0) is 15.5. The molecule has 2 N–H and O–H groups in total. The number of nitro benzene ring substituents is 1. The maximum atomic E-state index is 13.6. The van der Waals surface area contributed by atoms with Gasteiger partial charge in [0.15, 0.2) is 0 Å². The lowest BCUT2D eigenvalue weighted by atomic mass is 10.0. The summed E-state index contributed by atoms with van der Waals surface area (Å²) in [4.78, 5) is 21.2. The molecule has 0 heterocycles. The number of benzene rings is 1. The first kappa shape index (κ1) is 16.0. The van der Waals surface area contributed by atoms with Crippen molar-refractivity contribution in [1.29, 1.82) is 0 Å². The molecule has 0 fully saturated rings. The quantitative estimate of drug-likeness (QED) is 0.638. The normalized spacial score (nSPS) is 11.2. The van der Waals surface area contributed by atoms with Gasteiger partial charge in [0.05, 0.1) is 16.6 Å². The number of halogens is 2. The number of rotatable bonds is 5. The molecule has 1 aromatic rings. The maximum absolute atomic E-state index is 13.6. The summed E-state index contributed by atoms with van der Waals surface area (Å²) in [6.07, 6.45) is 0.218. The number of carbonyl (C=O) groups excluding carboxylic acids is 1. The fraction of sp³-hybridized carbons (Fsp3) is 0.417. The molecule has 0 bridgehead atoms. The van der Waals surface area contributed by atoms with E-state index in [1.54, 1.807) is 13.8 Å². The number of amides is 1. The Morgan fingerprint density at radius 2 is 2.00 bits per heavy atom. The first-order valence-corrected chi connectivity index (χ1v) is 5.75. The Balaban J connectivity index is 3.06. The van der Waals surface area contributed by atoms with Crippen molar-refractivity contribution in [3.63, 3.8) is 0 Å². The maximum Gasteiger partial charge on any atom is 0.307 e. The van der Waals surface area contributed by atoms with E-state index < -0.39 is 39.3 Å². The minimum atomic E-state index is -1.29. The number of nitrogens with one attached hydrogen (secondary N) is 1. The molecule has 6 nitrogen and oxygen atoms in total. The van der Waals surface area contributed by atoms with Crippen LogP contribution in [0.2, 0.25) is 0 Å². The molecule has 20 heavy (non-hydrogen) atoms. The predicted octanol–water partition coefficient (Wildman–Crippen LogP) is 1.76. The third-order valence-corrected chi connectivity index (χ3v) is 2.67. The van der Waals surface area contributed by atoms with Gasteiger partial charge < -0.3 is 10.4 Å². The molecule has 1 rings (SSSR count). The van der Waals surface area contributed by atoms with E-state index in [1.807, 2.05) is 0 Å². The molecule has 0 saturated heterocycles. The molecule has 0 spiro atoms. The highest BCUT2D eigenvalue weighted by Gasteiger charge is 2.26. The molecule has 8 heteroatoms. The third kappa shape index (κ3) is 3.70. The summed E-state index contributed by atoms with van der Waals surface area (Å²) in [6.45, 7) is 3.01. The van der Waals surface area contributed by atoms with Crippen LogP contribution in [0, 0.1) is 21.7 Å². The molecule has 1 amide bonds. The van der Waals surface area contributed by atoms with Crippen LogP contribution in [-0.2, 0) is 0 Å². The summed E-state index contributed by atoms with van der Waals surface area (Å²) in [7, 11) is 0. The van der Waals surface area contributed by atoms with Gasteiger partial charge in [-0.2, -0.15) is 4.39 Å². The van der Waals surface area contributed by atoms with Crippen LogP contribution in [0.1, 0.15) is 30.6 Å². The van der Waals surface area contributed by atoms with E-state index in [-0.39, 0.29) is 13.0 Å². The SMILES string of the molecule is CC(C)(CCO)NC(=O)c1cc(F)c([N+](=O)[O-])cc1F. The van der Waals surface area contributed by atoms with Crippen molar-refractivity contribution in [2.24, 2.45) is 0 Å². The van der Waals surface area contributed by atoms with Crippen LogP contribution in [0.3, 0.4) is 0 Å². The standard InChI is InChI=1S/C12H14F2N2O4/c1-12(2,3-4-17)15-11(18)7-5-9(14)10(16(19)20)6-8(7)13/h5-6,17H,3-4H2,1-2H3,(H,15,18). The summed E-state index contributed by atoms with van der Waals surface area (Å²) in [5.41, 5.74) is -2.48. The van der Waals surface area contributed by atoms with Gasteiger partial charge in [-0.25, -0.2) is 4.39 Å². The van der Waals surface area contributed by atoms with Crippen LogP contribution in [-0.4, -0.2) is 28.1 Å². The van der Waals surface area contributed by atoms with E-state index in [4.69, 9.17) is 5.11 Å². The van der Waals surface area contributed by atoms with Gasteiger partial charge in [-0.1, -0.05) is 0 Å². The Hall–Kier alpha value is -2.09. The molecule has 0 aliphatic rings. The summed E-state index contributed by atoms with van der Waals surface area (Å²) < 4.78 is 27.0. The van der Waals surface area contributed by atoms with E-state index in [0.29, 0.717) is 12.1 Å². The lowest BCUT2D eigenvalue weighted by molar-refractivity contribution is -0.387. The fourth-order valence-corrected chi connectivity index (χ4v) is 1.57. The number of aliphatic hydroxyl groups is 1. The third-order valence-electron chi connectivity index (χ3n) is 2.67. The average Bonchev–Trinajstić information content (AvgIpc) is 2.30. The Labute approximate surface area is 113 Å². The van der Waals surface area contributed by atoms with Gasteiger partial charge in [-0.05, 0) is 26.3 Å². The summed E-state index contributed by atoms with van der Waals surface area (Å²) >= 11 is 0. The van der Waals surface area contributed by atoms with Crippen molar-refractivity contribution >= 4 is 11.6 Å². The van der Waals surface area contributed by atoms with Gasteiger partial charge in [-0.15, -0.1) is 0 Å². The number of aliphatic hydroxyl groups excluding tert-OH is 1. The van der Waals surface area contributed by atoms with Crippen molar-refractivity contribution in [3.8, 4) is 0 Å². The van der Waals surface area contributed by atoms with Crippen LogP contribution in [0.5, 0.6) is 0 Å². The Bertz CT molecular complexity index is 547. The van der Waals surface area contributed by atoms with Crippen LogP contribution in [0.25, 0.3) is 0 Å². The van der Waals surface area contributed by atoms with E-state index in [9.17, 15) is 23.7 Å². The van der Waals surface area contributed by atoms with Gasteiger partial charge in [0, 0.05) is 12.1 Å². The zero-order valence-corrected chi connectivity index (χ0v) is 10.9. The fourth-order valence-electron chi connectivity index (χ4n) is 1.57.